The van der Waals surface area contributed by atoms with Crippen molar-refractivity contribution in [2.45, 2.75) is 0 Å². The van der Waals surface area contributed by atoms with Crippen LogP contribution in [0.4, 0.5) is 0 Å². The number of fused-ring (bicyclic) bond motifs is 6. The number of rotatable bonds is 7. The molecule has 5 heteroatoms. The number of hydrogen-bond donors (Lipinski definition) is 0. The molecule has 0 unspecified atom stereocenters. The van der Waals surface area contributed by atoms with Crippen LogP contribution in [0, 0.1) is 0 Å². The predicted octanol–water partition coefficient (Wildman–Crippen LogP) is 14.4. The summed E-state index contributed by atoms with van der Waals surface area (Å²) in [4.78, 5) is 15.3. The molecular formula is C57H37N5. The summed E-state index contributed by atoms with van der Waals surface area (Å²) in [5.41, 5.74) is 14.4. The SMILES string of the molecule is c1ccc(-c2cc(-c3ccccc3)cc(-n3c4ccccc4c4cc(-c5ccc6c7ccccc7n(-c7nc(-c8ccccc8)nc(-c8ccccc8)n7)c6c5)ccc43)c2)cc1. The third-order valence-electron chi connectivity index (χ3n) is 12.0. The van der Waals surface area contributed by atoms with Crippen LogP contribution in [0.5, 0.6) is 0 Å². The lowest BCUT2D eigenvalue weighted by atomic mass is 9.98. The van der Waals surface area contributed by atoms with E-state index in [4.69, 9.17) is 15.0 Å². The molecule has 0 radical (unpaired) electrons. The van der Waals surface area contributed by atoms with Crippen molar-refractivity contribution in [3.05, 3.63) is 224 Å². The van der Waals surface area contributed by atoms with Crippen LogP contribution in [0.2, 0.25) is 0 Å². The van der Waals surface area contributed by atoms with E-state index in [9.17, 15) is 0 Å². The van der Waals surface area contributed by atoms with Crippen molar-refractivity contribution in [2.24, 2.45) is 0 Å². The highest BCUT2D eigenvalue weighted by atomic mass is 15.2. The molecule has 0 saturated carbocycles. The summed E-state index contributed by atoms with van der Waals surface area (Å²) in [6.07, 6.45) is 0. The Bertz CT molecular complexity index is 3500. The van der Waals surface area contributed by atoms with Gasteiger partial charge in [-0.1, -0.05) is 176 Å². The van der Waals surface area contributed by atoms with Crippen LogP contribution in [-0.4, -0.2) is 24.1 Å². The Morgan fingerprint density at radius 3 is 1.26 bits per heavy atom. The van der Waals surface area contributed by atoms with Gasteiger partial charge in [0.25, 0.3) is 0 Å². The molecule has 3 aromatic heterocycles. The summed E-state index contributed by atoms with van der Waals surface area (Å²) >= 11 is 0. The number of hydrogen-bond acceptors (Lipinski definition) is 3. The fourth-order valence-electron chi connectivity index (χ4n) is 9.03. The van der Waals surface area contributed by atoms with E-state index >= 15 is 0 Å². The van der Waals surface area contributed by atoms with Gasteiger partial charge < -0.3 is 4.57 Å². The molecule has 0 aliphatic heterocycles. The zero-order valence-corrected chi connectivity index (χ0v) is 33.6. The van der Waals surface area contributed by atoms with E-state index in [0.717, 1.165) is 60.8 Å². The average molecular weight is 792 g/mol. The topological polar surface area (TPSA) is 48.5 Å². The van der Waals surface area contributed by atoms with Crippen molar-refractivity contribution in [3.8, 4) is 67.8 Å². The van der Waals surface area contributed by atoms with Gasteiger partial charge in [0.1, 0.15) is 0 Å². The van der Waals surface area contributed by atoms with E-state index in [1.165, 1.54) is 33.0 Å². The molecule has 0 aliphatic carbocycles. The first kappa shape index (κ1) is 35.5. The van der Waals surface area contributed by atoms with E-state index < -0.39 is 0 Å². The quantitative estimate of drug-likeness (QED) is 0.162. The normalized spacial score (nSPS) is 11.5. The molecule has 0 amide bonds. The molecular weight excluding hydrogens is 755 g/mol. The Labute approximate surface area is 358 Å². The van der Waals surface area contributed by atoms with Gasteiger partial charge in [-0.05, 0) is 81.9 Å². The minimum Gasteiger partial charge on any atom is -0.309 e. The van der Waals surface area contributed by atoms with Crippen molar-refractivity contribution < 1.29 is 0 Å². The van der Waals surface area contributed by atoms with Crippen LogP contribution < -0.4 is 0 Å². The maximum atomic E-state index is 5.17. The first-order chi connectivity index (χ1) is 30.7. The van der Waals surface area contributed by atoms with Gasteiger partial charge in [-0.15, -0.1) is 0 Å². The van der Waals surface area contributed by atoms with Gasteiger partial charge in [0.2, 0.25) is 5.95 Å². The monoisotopic (exact) mass is 791 g/mol. The lowest BCUT2D eigenvalue weighted by molar-refractivity contribution is 0.953. The van der Waals surface area contributed by atoms with Gasteiger partial charge >= 0.3 is 0 Å². The predicted molar refractivity (Wildman–Crippen MR) is 256 cm³/mol. The van der Waals surface area contributed by atoms with Crippen molar-refractivity contribution in [1.29, 1.82) is 0 Å². The van der Waals surface area contributed by atoms with Crippen LogP contribution in [0.1, 0.15) is 0 Å². The van der Waals surface area contributed by atoms with E-state index in [1.807, 2.05) is 60.7 Å². The van der Waals surface area contributed by atoms with E-state index in [1.54, 1.807) is 0 Å². The summed E-state index contributed by atoms with van der Waals surface area (Å²) in [5, 5.41) is 4.68. The first-order valence-electron chi connectivity index (χ1n) is 20.9. The standard InChI is InChI=1S/C57H37N5/c1-5-17-38(18-6-1)44-33-45(39-19-7-2-8-20-39)35-46(34-44)61-51-27-15-14-26-48(51)50-36-42(30-32-53(50)61)43-29-31-49-47-25-13-16-28-52(47)62(54(49)37-43)57-59-55(40-21-9-3-10-22-40)58-56(60-57)41-23-11-4-12-24-41/h1-37H. The van der Waals surface area contributed by atoms with Crippen molar-refractivity contribution >= 4 is 43.6 Å². The highest BCUT2D eigenvalue weighted by molar-refractivity contribution is 6.12. The smallest absolute Gasteiger partial charge is 0.238 e. The molecule has 0 bridgehead atoms. The highest BCUT2D eigenvalue weighted by Gasteiger charge is 2.20. The largest absolute Gasteiger partial charge is 0.309 e. The molecule has 62 heavy (non-hydrogen) atoms. The summed E-state index contributed by atoms with van der Waals surface area (Å²) in [7, 11) is 0. The van der Waals surface area contributed by atoms with Crippen LogP contribution in [0.3, 0.4) is 0 Å². The van der Waals surface area contributed by atoms with E-state index in [-0.39, 0.29) is 0 Å². The lowest BCUT2D eigenvalue weighted by Gasteiger charge is -2.14. The highest BCUT2D eigenvalue weighted by Crippen LogP contribution is 2.40. The van der Waals surface area contributed by atoms with Crippen LogP contribution >= 0.6 is 0 Å². The summed E-state index contributed by atoms with van der Waals surface area (Å²) in [6.45, 7) is 0. The van der Waals surface area contributed by atoms with Gasteiger partial charge in [-0.25, -0.2) is 4.98 Å². The Balaban J connectivity index is 1.05. The molecule has 0 aliphatic rings. The molecule has 5 nitrogen and oxygen atoms in total. The second-order valence-corrected chi connectivity index (χ2v) is 15.7. The van der Waals surface area contributed by atoms with E-state index in [0.29, 0.717) is 17.6 Å². The minimum atomic E-state index is 0.576. The number of para-hydroxylation sites is 2. The van der Waals surface area contributed by atoms with Gasteiger partial charge in [0.05, 0.1) is 22.1 Å². The Morgan fingerprint density at radius 2 is 0.677 bits per heavy atom. The molecule has 3 heterocycles. The zero-order chi connectivity index (χ0) is 41.0. The molecule has 0 fully saturated rings. The maximum absolute atomic E-state index is 5.17. The Morgan fingerprint density at radius 1 is 0.242 bits per heavy atom. The second-order valence-electron chi connectivity index (χ2n) is 15.7. The summed E-state index contributed by atoms with van der Waals surface area (Å²) < 4.78 is 4.62. The van der Waals surface area contributed by atoms with Crippen LogP contribution in [0.15, 0.2) is 224 Å². The van der Waals surface area contributed by atoms with Crippen molar-refractivity contribution in [3.63, 3.8) is 0 Å². The third kappa shape index (κ3) is 6.06. The fraction of sp³-hybridized carbons (Fsp3) is 0. The molecule has 9 aromatic carbocycles. The zero-order valence-electron chi connectivity index (χ0n) is 33.6. The fourth-order valence-corrected chi connectivity index (χ4v) is 9.03. The minimum absolute atomic E-state index is 0.576. The molecule has 0 saturated heterocycles. The van der Waals surface area contributed by atoms with Gasteiger partial charge in [-0.3, -0.25) is 4.57 Å². The van der Waals surface area contributed by atoms with E-state index in [2.05, 4.69) is 173 Å². The lowest BCUT2D eigenvalue weighted by Crippen LogP contribution is -2.06. The first-order valence-corrected chi connectivity index (χ1v) is 20.9. The van der Waals surface area contributed by atoms with Crippen LogP contribution in [-0.2, 0) is 0 Å². The number of benzene rings is 9. The number of aromatic nitrogens is 5. The van der Waals surface area contributed by atoms with Gasteiger partial charge in [0, 0.05) is 38.4 Å². The molecule has 12 rings (SSSR count). The molecule has 0 spiro atoms. The third-order valence-corrected chi connectivity index (χ3v) is 12.0. The maximum Gasteiger partial charge on any atom is 0.238 e. The Hall–Kier alpha value is -8.41. The second kappa shape index (κ2) is 14.7. The number of nitrogens with zero attached hydrogens (tertiary/aromatic N) is 5. The molecule has 12 aromatic rings. The van der Waals surface area contributed by atoms with Crippen molar-refractivity contribution in [1.82, 2.24) is 24.1 Å². The van der Waals surface area contributed by atoms with Gasteiger partial charge in [0.15, 0.2) is 11.6 Å². The van der Waals surface area contributed by atoms with Crippen LogP contribution in [0.25, 0.3) is 111 Å². The summed E-state index contributed by atoms with van der Waals surface area (Å²) in [5.74, 6) is 1.83. The summed E-state index contributed by atoms with van der Waals surface area (Å²) in [6, 6.07) is 79.5. The molecule has 290 valence electrons. The molecule has 0 atom stereocenters. The molecule has 0 N–H and O–H groups in total. The Kier molecular flexibility index (Phi) is 8.42. The average Bonchev–Trinajstić information content (AvgIpc) is 3.87. The van der Waals surface area contributed by atoms with Crippen molar-refractivity contribution in [2.75, 3.05) is 0 Å². The van der Waals surface area contributed by atoms with Gasteiger partial charge in [-0.2, -0.15) is 9.97 Å².